The molecular weight excluding hydrogens is 172 g/mol. The molecule has 0 spiro atoms. The van der Waals surface area contributed by atoms with Gasteiger partial charge in [-0.3, -0.25) is 0 Å². The maximum Gasteiger partial charge on any atom is 0 e. The maximum absolute atomic E-state index is 2.08. The first kappa shape index (κ1) is 14.7. The number of benzene rings is 1. The number of allylic oxidation sites excluding steroid dienone is 2. The molecule has 0 aliphatic heterocycles. The van der Waals surface area contributed by atoms with Crippen LogP contribution < -0.4 is 0 Å². The van der Waals surface area contributed by atoms with E-state index in [0.29, 0.717) is 0 Å². The van der Waals surface area contributed by atoms with Crippen LogP contribution in [-0.2, 0) is 0 Å². The molecule has 0 N–H and O–H groups in total. The van der Waals surface area contributed by atoms with Gasteiger partial charge < -0.3 is 0 Å². The third kappa shape index (κ3) is 10.2. The Kier molecular flexibility index (Phi) is 13.8. The second-order valence-corrected chi connectivity index (χ2v) is 2.32. The quantitative estimate of drug-likeness (QED) is 0.546. The van der Waals surface area contributed by atoms with E-state index in [9.17, 15) is 0 Å². The van der Waals surface area contributed by atoms with E-state index in [4.69, 9.17) is 0 Å². The van der Waals surface area contributed by atoms with Crippen LogP contribution in [0.1, 0.15) is 19.4 Å². The van der Waals surface area contributed by atoms with E-state index in [1.54, 1.807) is 0 Å². The zero-order chi connectivity index (χ0) is 8.53. The van der Waals surface area contributed by atoms with E-state index in [1.807, 2.05) is 44.2 Å². The van der Waals surface area contributed by atoms with E-state index in [0.717, 1.165) is 0 Å². The minimum atomic E-state index is 0. The van der Waals surface area contributed by atoms with Crippen LogP contribution in [0.25, 0.3) is 0 Å². The maximum atomic E-state index is 2.08. The van der Waals surface area contributed by atoms with Gasteiger partial charge in [0.15, 0.2) is 0 Å². The van der Waals surface area contributed by atoms with Crippen LogP contribution in [0.5, 0.6) is 0 Å². The number of aryl methyl sites for hydroxylation is 1. The van der Waals surface area contributed by atoms with Crippen LogP contribution in [0.2, 0.25) is 0 Å². The van der Waals surface area contributed by atoms with Gasteiger partial charge in [-0.2, -0.15) is 0 Å². The number of hydrogen-bond acceptors (Lipinski definition) is 0. The van der Waals surface area contributed by atoms with Crippen LogP contribution in [-0.4, -0.2) is 0 Å². The topological polar surface area (TPSA) is 0 Å². The second-order valence-electron chi connectivity index (χ2n) is 2.32. The molecule has 12 heavy (non-hydrogen) atoms. The molecule has 1 heteroatoms. The summed E-state index contributed by atoms with van der Waals surface area (Å²) >= 11 is 0. The van der Waals surface area contributed by atoms with Crippen molar-refractivity contribution in [2.75, 3.05) is 0 Å². The summed E-state index contributed by atoms with van der Waals surface area (Å²) < 4.78 is 0. The Morgan fingerprint density at radius 1 is 0.917 bits per heavy atom. The summed E-state index contributed by atoms with van der Waals surface area (Å²) in [5, 5.41) is 0. The molecule has 0 nitrogen and oxygen atoms in total. The van der Waals surface area contributed by atoms with Crippen molar-refractivity contribution < 1.29 is 37.7 Å². The zero-order valence-corrected chi connectivity index (χ0v) is 8.60. The first-order chi connectivity index (χ1) is 5.31. The molecule has 0 aromatic heterocycles. The van der Waals surface area contributed by atoms with Gasteiger partial charge in [-0.05, 0) is 20.8 Å². The van der Waals surface area contributed by atoms with Crippen LogP contribution in [0, 0.1) is 44.7 Å². The number of rotatable bonds is 0. The fourth-order valence-electron chi connectivity index (χ4n) is 0.534. The fourth-order valence-corrected chi connectivity index (χ4v) is 0.534. The molecule has 0 bridgehead atoms. The Bertz CT molecular complexity index is 185. The van der Waals surface area contributed by atoms with E-state index < -0.39 is 0 Å². The van der Waals surface area contributed by atoms with Gasteiger partial charge in [0.2, 0.25) is 0 Å². The first-order valence-electron chi connectivity index (χ1n) is 3.90. The minimum absolute atomic E-state index is 0. The fraction of sp³-hybridized carbons (Fsp3) is 0.273. The van der Waals surface area contributed by atoms with Crippen molar-refractivity contribution >= 4 is 0 Å². The van der Waals surface area contributed by atoms with E-state index >= 15 is 0 Å². The largest absolute Gasteiger partial charge is 0.0919 e. The predicted octanol–water partition coefficient (Wildman–Crippen LogP) is 3.58. The monoisotopic (exact) mass is 188 g/mol. The molecular formula is C11H16Ar. The van der Waals surface area contributed by atoms with Crippen molar-refractivity contribution in [3.63, 3.8) is 0 Å². The molecule has 1 aromatic rings. The van der Waals surface area contributed by atoms with Crippen LogP contribution in [0.3, 0.4) is 0 Å². The average molecular weight is 188 g/mol. The number of hydrogen-bond donors (Lipinski definition) is 0. The summed E-state index contributed by atoms with van der Waals surface area (Å²) in [6.07, 6.45) is 4.00. The van der Waals surface area contributed by atoms with Gasteiger partial charge in [0, 0.05) is 37.7 Å². The Labute approximate surface area is 106 Å². The summed E-state index contributed by atoms with van der Waals surface area (Å²) in [5.41, 5.74) is 1.32. The molecule has 0 unspecified atom stereocenters. The third-order valence-corrected chi connectivity index (χ3v) is 1.27. The van der Waals surface area contributed by atoms with Gasteiger partial charge in [-0.25, -0.2) is 0 Å². The summed E-state index contributed by atoms with van der Waals surface area (Å²) in [6.45, 7) is 6.08. The molecule has 0 saturated heterocycles. The van der Waals surface area contributed by atoms with E-state index in [1.165, 1.54) is 5.56 Å². The molecule has 0 radical (unpaired) electrons. The molecule has 0 amide bonds. The Hall–Kier alpha value is 0.220. The minimum Gasteiger partial charge on any atom is -0.0919 e. The van der Waals surface area contributed by atoms with Crippen molar-refractivity contribution in [3.05, 3.63) is 48.0 Å². The van der Waals surface area contributed by atoms with Crippen LogP contribution >= 0.6 is 0 Å². The van der Waals surface area contributed by atoms with Gasteiger partial charge in [0.1, 0.15) is 0 Å². The van der Waals surface area contributed by atoms with E-state index in [2.05, 4.69) is 19.1 Å². The molecule has 0 saturated carbocycles. The van der Waals surface area contributed by atoms with Gasteiger partial charge in [0.25, 0.3) is 0 Å². The van der Waals surface area contributed by atoms with Crippen molar-refractivity contribution in [2.45, 2.75) is 20.8 Å². The van der Waals surface area contributed by atoms with Gasteiger partial charge in [-0.15, -0.1) is 0 Å². The van der Waals surface area contributed by atoms with E-state index in [-0.39, 0.29) is 37.7 Å². The molecule has 0 atom stereocenters. The van der Waals surface area contributed by atoms with Crippen molar-refractivity contribution in [1.82, 2.24) is 0 Å². The van der Waals surface area contributed by atoms with Crippen LogP contribution in [0.4, 0.5) is 0 Å². The van der Waals surface area contributed by atoms with Gasteiger partial charge >= 0.3 is 0 Å². The molecule has 0 aliphatic carbocycles. The summed E-state index contributed by atoms with van der Waals surface area (Å²) in [7, 11) is 0. The van der Waals surface area contributed by atoms with Crippen molar-refractivity contribution in [1.29, 1.82) is 0 Å². The zero-order valence-electron chi connectivity index (χ0n) is 7.90. The molecule has 1 rings (SSSR count). The smallest absolute Gasteiger partial charge is 0 e. The van der Waals surface area contributed by atoms with Crippen LogP contribution in [0.15, 0.2) is 42.5 Å². The SMILES string of the molecule is C/C=C\C.Cc1ccccc1.[Ar]. The third-order valence-electron chi connectivity index (χ3n) is 1.27. The summed E-state index contributed by atoms with van der Waals surface area (Å²) in [4.78, 5) is 0. The second kappa shape index (κ2) is 11.2. The van der Waals surface area contributed by atoms with Crippen molar-refractivity contribution in [3.8, 4) is 0 Å². The Morgan fingerprint density at radius 3 is 1.50 bits per heavy atom. The standard InChI is InChI=1S/C7H8.C4H8.Ar/c1-7-5-3-2-4-6-7;1-3-4-2;/h2-6H,1H3;3-4H,1-2H3;/b;4-3-;. The van der Waals surface area contributed by atoms with Gasteiger partial charge in [0.05, 0.1) is 0 Å². The predicted molar refractivity (Wildman–Crippen MR) is 51.7 cm³/mol. The molecule has 0 heterocycles. The Balaban J connectivity index is 0. The first-order valence-corrected chi connectivity index (χ1v) is 3.90. The molecule has 1 aromatic carbocycles. The molecule has 0 aliphatic rings. The average Bonchev–Trinajstić information content (AvgIpc) is 2.07. The Morgan fingerprint density at radius 2 is 1.33 bits per heavy atom. The molecule has 68 valence electrons. The normalized spacial score (nSPS) is 8.25. The molecule has 0 fully saturated rings. The summed E-state index contributed by atoms with van der Waals surface area (Å²) in [6, 6.07) is 10.3. The van der Waals surface area contributed by atoms with Gasteiger partial charge in [-0.1, -0.05) is 48.0 Å². The summed E-state index contributed by atoms with van der Waals surface area (Å²) in [5.74, 6) is 0. The van der Waals surface area contributed by atoms with Crippen molar-refractivity contribution in [2.24, 2.45) is 0 Å².